The standard InChI is InChI=1S/C22H33N7O3.HI/c1-5-32-22(30)29-12-10-18(11-13-29)25-21(24-15-20-27-26-16(2)28(20)3)23-14-17-6-8-19(31-4)9-7-17;/h6-9,18H,5,10-15H2,1-4H3,(H2,23,24,25);1H. The third kappa shape index (κ3) is 7.76. The quantitative estimate of drug-likeness (QED) is 0.299. The first-order valence-electron chi connectivity index (χ1n) is 10.9. The highest BCUT2D eigenvalue weighted by Crippen LogP contribution is 2.13. The van der Waals surface area contributed by atoms with Crippen LogP contribution in [-0.2, 0) is 24.9 Å². The molecule has 1 aliphatic rings. The number of nitrogens with one attached hydrogen (secondary N) is 2. The summed E-state index contributed by atoms with van der Waals surface area (Å²) >= 11 is 0. The number of guanidine groups is 1. The summed E-state index contributed by atoms with van der Waals surface area (Å²) in [6.07, 6.45) is 1.41. The predicted molar refractivity (Wildman–Crippen MR) is 137 cm³/mol. The average molecular weight is 571 g/mol. The second-order valence-corrected chi connectivity index (χ2v) is 7.69. The van der Waals surface area contributed by atoms with E-state index in [1.165, 1.54) is 0 Å². The van der Waals surface area contributed by atoms with Crippen LogP contribution in [0.3, 0.4) is 0 Å². The van der Waals surface area contributed by atoms with Crippen molar-refractivity contribution in [2.75, 3.05) is 26.8 Å². The SMILES string of the molecule is CCOC(=O)N1CCC(NC(=NCc2ccc(OC)cc2)NCc2nnc(C)n2C)CC1.I. The van der Waals surface area contributed by atoms with Crippen molar-refractivity contribution in [2.45, 2.75) is 45.8 Å². The van der Waals surface area contributed by atoms with E-state index < -0.39 is 0 Å². The lowest BCUT2D eigenvalue weighted by atomic mass is 10.1. The molecule has 11 heteroatoms. The first-order chi connectivity index (χ1) is 15.5. The molecular formula is C22H34IN7O3. The van der Waals surface area contributed by atoms with Crippen LogP contribution in [0.1, 0.15) is 37.0 Å². The molecule has 1 aromatic heterocycles. The van der Waals surface area contributed by atoms with Gasteiger partial charge >= 0.3 is 6.09 Å². The molecule has 0 unspecified atom stereocenters. The molecule has 2 aromatic rings. The van der Waals surface area contributed by atoms with E-state index in [1.54, 1.807) is 12.0 Å². The van der Waals surface area contributed by atoms with Crippen molar-refractivity contribution in [1.29, 1.82) is 0 Å². The van der Waals surface area contributed by atoms with Gasteiger partial charge in [0.2, 0.25) is 0 Å². The number of aromatic nitrogens is 3. The summed E-state index contributed by atoms with van der Waals surface area (Å²) in [5.74, 6) is 3.22. The van der Waals surface area contributed by atoms with Gasteiger partial charge in [0.05, 0.1) is 26.8 Å². The number of hydrogen-bond donors (Lipinski definition) is 2. The van der Waals surface area contributed by atoms with E-state index in [2.05, 4.69) is 20.8 Å². The minimum absolute atomic E-state index is 0. The highest BCUT2D eigenvalue weighted by molar-refractivity contribution is 14.0. The first kappa shape index (κ1) is 26.7. The number of benzene rings is 1. The molecule has 1 fully saturated rings. The molecule has 0 radical (unpaired) electrons. The zero-order valence-electron chi connectivity index (χ0n) is 19.7. The number of piperidine rings is 1. The number of aliphatic imine (C=N–C) groups is 1. The van der Waals surface area contributed by atoms with Gasteiger partial charge in [-0.05, 0) is 44.4 Å². The Balaban J connectivity index is 0.00000385. The zero-order valence-corrected chi connectivity index (χ0v) is 22.0. The number of likely N-dealkylation sites (tertiary alicyclic amines) is 1. The van der Waals surface area contributed by atoms with Crippen LogP contribution in [0.4, 0.5) is 4.79 Å². The number of halogens is 1. The van der Waals surface area contributed by atoms with Crippen molar-refractivity contribution in [3.8, 4) is 5.75 Å². The minimum atomic E-state index is -0.241. The van der Waals surface area contributed by atoms with E-state index in [0.29, 0.717) is 38.7 Å². The number of aryl methyl sites for hydroxylation is 1. The highest BCUT2D eigenvalue weighted by atomic mass is 127. The lowest BCUT2D eigenvalue weighted by molar-refractivity contribution is 0.0963. The summed E-state index contributed by atoms with van der Waals surface area (Å²) in [4.78, 5) is 18.5. The molecule has 1 aromatic carbocycles. The molecule has 2 N–H and O–H groups in total. The predicted octanol–water partition coefficient (Wildman–Crippen LogP) is 2.61. The van der Waals surface area contributed by atoms with Gasteiger partial charge in [-0.25, -0.2) is 9.79 Å². The summed E-state index contributed by atoms with van der Waals surface area (Å²) in [7, 11) is 3.60. The van der Waals surface area contributed by atoms with Crippen molar-refractivity contribution in [1.82, 2.24) is 30.3 Å². The topological polar surface area (TPSA) is 106 Å². The van der Waals surface area contributed by atoms with E-state index in [4.69, 9.17) is 14.5 Å². The monoisotopic (exact) mass is 571 g/mol. The van der Waals surface area contributed by atoms with Gasteiger partial charge in [0.15, 0.2) is 11.8 Å². The summed E-state index contributed by atoms with van der Waals surface area (Å²) in [5.41, 5.74) is 1.08. The number of methoxy groups -OCH3 is 1. The van der Waals surface area contributed by atoms with E-state index >= 15 is 0 Å². The van der Waals surface area contributed by atoms with Crippen molar-refractivity contribution < 1.29 is 14.3 Å². The van der Waals surface area contributed by atoms with Crippen LogP contribution in [0.5, 0.6) is 5.75 Å². The van der Waals surface area contributed by atoms with E-state index in [-0.39, 0.29) is 36.1 Å². The second kappa shape index (κ2) is 13.2. The van der Waals surface area contributed by atoms with Crippen LogP contribution in [-0.4, -0.2) is 64.6 Å². The average Bonchev–Trinajstić information content (AvgIpc) is 3.14. The molecule has 1 saturated heterocycles. The molecule has 1 amide bonds. The molecule has 3 rings (SSSR count). The summed E-state index contributed by atoms with van der Waals surface area (Å²) in [6, 6.07) is 8.08. The van der Waals surface area contributed by atoms with Crippen LogP contribution >= 0.6 is 24.0 Å². The number of amides is 1. The van der Waals surface area contributed by atoms with Gasteiger partial charge in [-0.2, -0.15) is 0 Å². The molecule has 0 atom stereocenters. The van der Waals surface area contributed by atoms with Gasteiger partial charge < -0.3 is 29.6 Å². The Morgan fingerprint density at radius 1 is 1.21 bits per heavy atom. The lowest BCUT2D eigenvalue weighted by Gasteiger charge is -2.32. The smallest absolute Gasteiger partial charge is 0.409 e. The normalized spacial score (nSPS) is 14.4. The number of rotatable bonds is 7. The number of carbonyl (C=O) groups is 1. The summed E-state index contributed by atoms with van der Waals surface area (Å²) in [6.45, 7) is 6.49. The Morgan fingerprint density at radius 2 is 1.91 bits per heavy atom. The molecule has 2 heterocycles. The summed E-state index contributed by atoms with van der Waals surface area (Å²) < 4.78 is 12.3. The summed E-state index contributed by atoms with van der Waals surface area (Å²) in [5, 5.41) is 15.2. The Kier molecular flexibility index (Phi) is 10.7. The molecule has 33 heavy (non-hydrogen) atoms. The number of ether oxygens (including phenoxy) is 2. The largest absolute Gasteiger partial charge is 0.497 e. The van der Waals surface area contributed by atoms with Crippen LogP contribution in [0, 0.1) is 6.92 Å². The highest BCUT2D eigenvalue weighted by Gasteiger charge is 2.24. The fraction of sp³-hybridized carbons (Fsp3) is 0.545. The van der Waals surface area contributed by atoms with E-state index in [1.807, 2.05) is 49.7 Å². The van der Waals surface area contributed by atoms with Gasteiger partial charge in [0, 0.05) is 26.2 Å². The van der Waals surface area contributed by atoms with Crippen LogP contribution < -0.4 is 15.4 Å². The number of nitrogens with zero attached hydrogens (tertiary/aromatic N) is 5. The Bertz CT molecular complexity index is 909. The molecule has 0 spiro atoms. The van der Waals surface area contributed by atoms with Gasteiger partial charge in [-0.1, -0.05) is 12.1 Å². The van der Waals surface area contributed by atoms with Crippen LogP contribution in [0.2, 0.25) is 0 Å². The van der Waals surface area contributed by atoms with Crippen molar-refractivity contribution in [3.05, 3.63) is 41.5 Å². The van der Waals surface area contributed by atoms with Crippen LogP contribution in [0.25, 0.3) is 0 Å². The first-order valence-corrected chi connectivity index (χ1v) is 10.9. The third-order valence-electron chi connectivity index (χ3n) is 5.54. The maximum Gasteiger partial charge on any atom is 0.409 e. The Hall–Kier alpha value is -2.57. The lowest BCUT2D eigenvalue weighted by Crippen LogP contribution is -2.49. The van der Waals surface area contributed by atoms with Crippen molar-refractivity contribution in [3.63, 3.8) is 0 Å². The number of hydrogen-bond acceptors (Lipinski definition) is 6. The molecule has 0 bridgehead atoms. The third-order valence-corrected chi connectivity index (χ3v) is 5.54. The molecule has 10 nitrogen and oxygen atoms in total. The van der Waals surface area contributed by atoms with E-state index in [0.717, 1.165) is 35.8 Å². The van der Waals surface area contributed by atoms with Gasteiger partial charge in [0.1, 0.15) is 11.6 Å². The zero-order chi connectivity index (χ0) is 22.9. The van der Waals surface area contributed by atoms with Gasteiger partial charge in [-0.3, -0.25) is 0 Å². The fourth-order valence-electron chi connectivity index (χ4n) is 3.44. The van der Waals surface area contributed by atoms with Crippen molar-refractivity contribution >= 4 is 36.0 Å². The molecule has 0 saturated carbocycles. The maximum absolute atomic E-state index is 11.9. The minimum Gasteiger partial charge on any atom is -0.497 e. The number of carbonyl (C=O) groups excluding carboxylic acids is 1. The van der Waals surface area contributed by atoms with Crippen molar-refractivity contribution in [2.24, 2.45) is 12.0 Å². The molecular weight excluding hydrogens is 537 g/mol. The van der Waals surface area contributed by atoms with Gasteiger partial charge in [0.25, 0.3) is 0 Å². The Morgan fingerprint density at radius 3 is 2.48 bits per heavy atom. The van der Waals surface area contributed by atoms with Crippen LogP contribution in [0.15, 0.2) is 29.3 Å². The van der Waals surface area contributed by atoms with E-state index in [9.17, 15) is 4.79 Å². The molecule has 1 aliphatic heterocycles. The van der Waals surface area contributed by atoms with Gasteiger partial charge in [-0.15, -0.1) is 34.2 Å². The molecule has 0 aliphatic carbocycles. The second-order valence-electron chi connectivity index (χ2n) is 7.69. The Labute approximate surface area is 212 Å². The molecule has 182 valence electrons. The maximum atomic E-state index is 11.9. The fourth-order valence-corrected chi connectivity index (χ4v) is 3.44.